The van der Waals surface area contributed by atoms with Crippen LogP contribution < -0.4 is 16.2 Å². The molecule has 4 rings (SSSR count). The number of urea groups is 1. The highest BCUT2D eigenvalue weighted by Gasteiger charge is 2.14. The predicted molar refractivity (Wildman–Crippen MR) is 130 cm³/mol. The van der Waals surface area contributed by atoms with E-state index in [-0.39, 0.29) is 5.56 Å². The van der Waals surface area contributed by atoms with Crippen LogP contribution in [0.1, 0.15) is 27.2 Å². The first-order valence-corrected chi connectivity index (χ1v) is 10.5. The zero-order chi connectivity index (χ0) is 23.7. The van der Waals surface area contributed by atoms with E-state index in [0.717, 1.165) is 27.7 Å². The number of aromatic nitrogens is 2. The van der Waals surface area contributed by atoms with Crippen LogP contribution in [0.5, 0.6) is 0 Å². The summed E-state index contributed by atoms with van der Waals surface area (Å²) in [4.78, 5) is 42.2. The van der Waals surface area contributed by atoms with Crippen molar-refractivity contribution in [3.8, 4) is 11.1 Å². The molecule has 33 heavy (non-hydrogen) atoms. The first kappa shape index (κ1) is 22.0. The van der Waals surface area contributed by atoms with Crippen LogP contribution in [0.15, 0.2) is 65.6 Å². The number of imide groups is 1. The molecular weight excluding hydrogens is 416 g/mol. The third kappa shape index (κ3) is 4.52. The van der Waals surface area contributed by atoms with Crippen LogP contribution in [0.2, 0.25) is 0 Å². The third-order valence-corrected chi connectivity index (χ3v) is 5.57. The van der Waals surface area contributed by atoms with Gasteiger partial charge in [-0.25, -0.2) is 4.79 Å². The van der Waals surface area contributed by atoms with Gasteiger partial charge in [-0.15, -0.1) is 0 Å². The largest absolute Gasteiger partial charge is 0.326 e. The lowest BCUT2D eigenvalue weighted by atomic mass is 9.99. The van der Waals surface area contributed by atoms with Gasteiger partial charge in [-0.05, 0) is 68.3 Å². The van der Waals surface area contributed by atoms with Crippen molar-refractivity contribution in [3.63, 3.8) is 0 Å². The highest BCUT2D eigenvalue weighted by Crippen LogP contribution is 2.27. The van der Waals surface area contributed by atoms with Crippen LogP contribution in [0.3, 0.4) is 0 Å². The Hall–Kier alpha value is -4.26. The monoisotopic (exact) mass is 440 g/mol. The summed E-state index contributed by atoms with van der Waals surface area (Å²) in [6.45, 7) is 5.70. The van der Waals surface area contributed by atoms with Gasteiger partial charge in [-0.2, -0.15) is 0 Å². The smallest absolute Gasteiger partial charge is 0.311 e. The van der Waals surface area contributed by atoms with E-state index >= 15 is 0 Å². The number of hydrogen-bond donors (Lipinski definition) is 2. The summed E-state index contributed by atoms with van der Waals surface area (Å²) < 4.78 is 1.60. The lowest BCUT2D eigenvalue weighted by Gasteiger charge is -2.13. The molecule has 0 fully saturated rings. The fraction of sp³-hybridized carbons (Fsp3) is 0.154. The minimum Gasteiger partial charge on any atom is -0.311 e. The van der Waals surface area contributed by atoms with Gasteiger partial charge in [0.15, 0.2) is 0 Å². The van der Waals surface area contributed by atoms with Crippen LogP contribution in [-0.4, -0.2) is 21.5 Å². The van der Waals surface area contributed by atoms with Gasteiger partial charge >= 0.3 is 6.03 Å². The number of anilines is 1. The number of aryl methyl sites for hydroxylation is 4. The van der Waals surface area contributed by atoms with Crippen molar-refractivity contribution in [2.45, 2.75) is 20.8 Å². The predicted octanol–water partition coefficient (Wildman–Crippen LogP) is 4.49. The number of nitrogens with zero attached hydrogens (tertiary/aromatic N) is 2. The van der Waals surface area contributed by atoms with Crippen molar-refractivity contribution in [2.24, 2.45) is 7.05 Å². The van der Waals surface area contributed by atoms with Gasteiger partial charge in [0.1, 0.15) is 0 Å². The van der Waals surface area contributed by atoms with Crippen molar-refractivity contribution in [2.75, 3.05) is 5.32 Å². The van der Waals surface area contributed by atoms with Gasteiger partial charge in [0.25, 0.3) is 11.5 Å². The quantitative estimate of drug-likeness (QED) is 0.491. The van der Waals surface area contributed by atoms with Gasteiger partial charge in [0.2, 0.25) is 0 Å². The average Bonchev–Trinajstić information content (AvgIpc) is 2.78. The van der Waals surface area contributed by atoms with Crippen molar-refractivity contribution in [1.82, 2.24) is 14.9 Å². The number of carbonyl (C=O) groups is 2. The highest BCUT2D eigenvalue weighted by molar-refractivity contribution is 6.08. The Morgan fingerprint density at radius 1 is 0.909 bits per heavy atom. The van der Waals surface area contributed by atoms with Crippen molar-refractivity contribution in [1.29, 1.82) is 0 Å². The third-order valence-electron chi connectivity index (χ3n) is 5.57. The van der Waals surface area contributed by atoms with Crippen molar-refractivity contribution >= 4 is 28.5 Å². The van der Waals surface area contributed by atoms with E-state index in [4.69, 9.17) is 0 Å². The number of hydrogen-bond acceptors (Lipinski definition) is 4. The molecule has 2 heterocycles. The lowest BCUT2D eigenvalue weighted by molar-refractivity contribution is 0.0967. The fourth-order valence-corrected chi connectivity index (χ4v) is 3.69. The number of pyridine rings is 2. The number of amides is 3. The van der Waals surface area contributed by atoms with E-state index in [1.807, 2.05) is 39.0 Å². The molecule has 0 saturated heterocycles. The van der Waals surface area contributed by atoms with Gasteiger partial charge in [-0.1, -0.05) is 23.8 Å². The molecule has 0 aliphatic heterocycles. The summed E-state index contributed by atoms with van der Waals surface area (Å²) in [5, 5.41) is 5.85. The fourth-order valence-electron chi connectivity index (χ4n) is 3.69. The molecule has 166 valence electrons. The van der Waals surface area contributed by atoms with E-state index < -0.39 is 11.9 Å². The first-order chi connectivity index (χ1) is 15.7. The molecule has 4 aromatic rings. The van der Waals surface area contributed by atoms with Gasteiger partial charge in [0, 0.05) is 41.1 Å². The number of rotatable bonds is 3. The Kier molecular flexibility index (Phi) is 5.79. The van der Waals surface area contributed by atoms with E-state index in [2.05, 4.69) is 15.6 Å². The SMILES string of the molecule is Cc1ccc(C(=O)NC(=O)Nc2ccc(C)c(-c3cc4cnc(C)cc4n(C)c3=O)c2)cc1. The molecule has 3 amide bonds. The summed E-state index contributed by atoms with van der Waals surface area (Å²) in [6, 6.07) is 15.3. The summed E-state index contributed by atoms with van der Waals surface area (Å²) in [5.41, 5.74) is 5.46. The van der Waals surface area contributed by atoms with Gasteiger partial charge in [-0.3, -0.25) is 19.9 Å². The average molecular weight is 441 g/mol. The zero-order valence-corrected chi connectivity index (χ0v) is 18.9. The number of nitrogens with one attached hydrogen (secondary N) is 2. The summed E-state index contributed by atoms with van der Waals surface area (Å²) in [7, 11) is 1.73. The number of fused-ring (bicyclic) bond motifs is 1. The van der Waals surface area contributed by atoms with E-state index in [1.54, 1.807) is 54.2 Å². The molecule has 0 saturated carbocycles. The first-order valence-electron chi connectivity index (χ1n) is 10.5. The molecular formula is C26H24N4O3. The molecule has 0 bridgehead atoms. The molecule has 7 nitrogen and oxygen atoms in total. The number of carbonyl (C=O) groups excluding carboxylic acids is 2. The van der Waals surface area contributed by atoms with Crippen LogP contribution in [0, 0.1) is 20.8 Å². The molecule has 0 radical (unpaired) electrons. The second-order valence-corrected chi connectivity index (χ2v) is 8.11. The van der Waals surface area contributed by atoms with Gasteiger partial charge < -0.3 is 9.88 Å². The maximum Gasteiger partial charge on any atom is 0.326 e. The second-order valence-electron chi connectivity index (χ2n) is 8.11. The van der Waals surface area contributed by atoms with Crippen LogP contribution in [0.25, 0.3) is 22.0 Å². The minimum absolute atomic E-state index is 0.146. The van der Waals surface area contributed by atoms with E-state index in [0.29, 0.717) is 22.4 Å². The minimum atomic E-state index is -0.651. The highest BCUT2D eigenvalue weighted by atomic mass is 16.2. The van der Waals surface area contributed by atoms with Crippen LogP contribution in [-0.2, 0) is 7.05 Å². The molecule has 2 aromatic heterocycles. The van der Waals surface area contributed by atoms with Gasteiger partial charge in [0.05, 0.1) is 5.52 Å². The molecule has 0 aliphatic carbocycles. The Morgan fingerprint density at radius 2 is 1.64 bits per heavy atom. The topological polar surface area (TPSA) is 93.1 Å². The Labute approximate surface area is 191 Å². The lowest BCUT2D eigenvalue weighted by Crippen LogP contribution is -2.34. The second kappa shape index (κ2) is 8.70. The number of benzene rings is 2. The Bertz CT molecular complexity index is 1450. The summed E-state index contributed by atoms with van der Waals surface area (Å²) >= 11 is 0. The molecule has 0 spiro atoms. The zero-order valence-electron chi connectivity index (χ0n) is 18.9. The van der Waals surface area contributed by atoms with E-state index in [1.165, 1.54) is 0 Å². The molecule has 7 heteroatoms. The maximum absolute atomic E-state index is 13.1. The maximum atomic E-state index is 13.1. The molecule has 2 aromatic carbocycles. The Balaban J connectivity index is 1.62. The standard InChI is InChI=1S/C26H24N4O3/c1-15-5-8-18(9-6-15)24(31)29-26(33)28-20-10-7-16(2)21(13-20)22-12-19-14-27-17(3)11-23(19)30(4)25(22)32/h5-14H,1-4H3,(H2,28,29,31,33). The Morgan fingerprint density at radius 3 is 2.36 bits per heavy atom. The summed E-state index contributed by atoms with van der Waals surface area (Å²) in [6.07, 6.45) is 1.75. The van der Waals surface area contributed by atoms with Crippen molar-refractivity contribution < 1.29 is 9.59 Å². The molecule has 2 N–H and O–H groups in total. The van der Waals surface area contributed by atoms with Crippen molar-refractivity contribution in [3.05, 3.63) is 93.5 Å². The van der Waals surface area contributed by atoms with Crippen LogP contribution >= 0.6 is 0 Å². The molecule has 0 atom stereocenters. The summed E-state index contributed by atoms with van der Waals surface area (Å²) in [5.74, 6) is -0.494. The van der Waals surface area contributed by atoms with E-state index in [9.17, 15) is 14.4 Å². The molecule has 0 aliphatic rings. The molecule has 0 unspecified atom stereocenters. The normalized spacial score (nSPS) is 10.8. The van der Waals surface area contributed by atoms with Crippen LogP contribution in [0.4, 0.5) is 10.5 Å².